The van der Waals surface area contributed by atoms with Crippen molar-refractivity contribution in [2.45, 2.75) is 19.0 Å². The first-order chi connectivity index (χ1) is 10.2. The molecule has 0 unspecified atom stereocenters. The molecule has 1 aliphatic heterocycles. The van der Waals surface area contributed by atoms with Crippen LogP contribution >= 0.6 is 11.3 Å². The molecule has 6 nitrogen and oxygen atoms in total. The molecule has 0 radical (unpaired) electrons. The molecule has 0 aromatic carbocycles. The van der Waals surface area contributed by atoms with Crippen LogP contribution in [0.3, 0.4) is 0 Å². The minimum atomic E-state index is -4.60. The number of amides is 1. The highest BCUT2D eigenvalue weighted by Gasteiger charge is 2.41. The lowest BCUT2D eigenvalue weighted by molar-refractivity contribution is -0.154. The van der Waals surface area contributed by atoms with Gasteiger partial charge in [-0.3, -0.25) is 9.59 Å². The number of aliphatic carboxylic acids is 1. The van der Waals surface area contributed by atoms with Crippen LogP contribution in [-0.4, -0.2) is 41.7 Å². The summed E-state index contributed by atoms with van der Waals surface area (Å²) in [4.78, 5) is 26.4. The molecule has 1 amide bonds. The van der Waals surface area contributed by atoms with Gasteiger partial charge in [0.05, 0.1) is 5.41 Å². The van der Waals surface area contributed by atoms with Crippen LogP contribution in [0.25, 0.3) is 0 Å². The third kappa shape index (κ3) is 3.55. The second-order valence-corrected chi connectivity index (χ2v) is 5.77. The van der Waals surface area contributed by atoms with Crippen molar-refractivity contribution in [2.75, 3.05) is 19.8 Å². The van der Waals surface area contributed by atoms with Gasteiger partial charge in [-0.1, -0.05) is 0 Å². The van der Waals surface area contributed by atoms with E-state index in [0.29, 0.717) is 11.3 Å². The van der Waals surface area contributed by atoms with E-state index in [2.05, 4.69) is 10.3 Å². The number of carboxylic acid groups (broad SMARTS) is 1. The Morgan fingerprint density at radius 3 is 2.55 bits per heavy atom. The number of ether oxygens (including phenoxy) is 1. The average Bonchev–Trinajstić information content (AvgIpc) is 2.95. The molecular formula is C12H13F3N2O4S. The van der Waals surface area contributed by atoms with E-state index in [1.807, 2.05) is 0 Å². The summed E-state index contributed by atoms with van der Waals surface area (Å²) < 4.78 is 42.4. The van der Waals surface area contributed by atoms with E-state index in [1.54, 1.807) is 0 Å². The number of carbonyl (C=O) groups is 2. The molecule has 1 aliphatic rings. The molecule has 0 bridgehead atoms. The summed E-state index contributed by atoms with van der Waals surface area (Å²) in [6, 6.07) is 0. The number of alkyl halides is 3. The van der Waals surface area contributed by atoms with Crippen LogP contribution in [0.5, 0.6) is 0 Å². The first-order valence-electron chi connectivity index (χ1n) is 6.37. The highest BCUT2D eigenvalue weighted by atomic mass is 32.1. The fourth-order valence-electron chi connectivity index (χ4n) is 2.08. The van der Waals surface area contributed by atoms with Crippen LogP contribution in [0, 0.1) is 5.41 Å². The maximum Gasteiger partial charge on any atom is 0.443 e. The Kier molecular flexibility index (Phi) is 4.71. The van der Waals surface area contributed by atoms with Gasteiger partial charge < -0.3 is 15.2 Å². The SMILES string of the molecule is O=C(NCC1(C(=O)O)CCOCC1)c1csc(C(F)(F)F)n1. The number of halogens is 3. The van der Waals surface area contributed by atoms with E-state index >= 15 is 0 Å². The lowest BCUT2D eigenvalue weighted by atomic mass is 9.80. The van der Waals surface area contributed by atoms with Crippen molar-refractivity contribution in [3.63, 3.8) is 0 Å². The van der Waals surface area contributed by atoms with Gasteiger partial charge in [-0.2, -0.15) is 13.2 Å². The van der Waals surface area contributed by atoms with E-state index in [1.165, 1.54) is 0 Å². The molecule has 0 saturated carbocycles. The van der Waals surface area contributed by atoms with Crippen molar-refractivity contribution < 1.29 is 32.6 Å². The molecule has 0 aliphatic carbocycles. The van der Waals surface area contributed by atoms with Crippen LogP contribution in [0.4, 0.5) is 13.2 Å². The fraction of sp³-hybridized carbons (Fsp3) is 0.583. The second kappa shape index (κ2) is 6.21. The van der Waals surface area contributed by atoms with Crippen molar-refractivity contribution >= 4 is 23.2 Å². The number of aromatic nitrogens is 1. The van der Waals surface area contributed by atoms with E-state index in [4.69, 9.17) is 4.74 Å². The maximum absolute atomic E-state index is 12.4. The Labute approximate surface area is 127 Å². The highest BCUT2D eigenvalue weighted by Crippen LogP contribution is 2.32. The summed E-state index contributed by atoms with van der Waals surface area (Å²) in [7, 11) is 0. The van der Waals surface area contributed by atoms with Crippen molar-refractivity contribution in [2.24, 2.45) is 5.41 Å². The summed E-state index contributed by atoms with van der Waals surface area (Å²) in [5.41, 5.74) is -1.53. The molecule has 1 aromatic heterocycles. The largest absolute Gasteiger partial charge is 0.481 e. The molecule has 0 spiro atoms. The van der Waals surface area contributed by atoms with Gasteiger partial charge in [0.2, 0.25) is 0 Å². The van der Waals surface area contributed by atoms with Gasteiger partial charge in [0.15, 0.2) is 5.01 Å². The Hall–Kier alpha value is -1.68. The molecule has 22 heavy (non-hydrogen) atoms. The summed E-state index contributed by atoms with van der Waals surface area (Å²) in [6.45, 7) is 0.345. The number of nitrogens with zero attached hydrogens (tertiary/aromatic N) is 1. The molecule has 1 aromatic rings. The lowest BCUT2D eigenvalue weighted by Gasteiger charge is -2.32. The van der Waals surface area contributed by atoms with E-state index < -0.39 is 28.5 Å². The lowest BCUT2D eigenvalue weighted by Crippen LogP contribution is -2.46. The predicted octanol–water partition coefficient (Wildman–Crippen LogP) is 1.77. The van der Waals surface area contributed by atoms with Gasteiger partial charge >= 0.3 is 12.1 Å². The van der Waals surface area contributed by atoms with Gasteiger partial charge in [0.25, 0.3) is 5.91 Å². The molecule has 0 atom stereocenters. The number of hydrogen-bond acceptors (Lipinski definition) is 5. The molecule has 1 saturated heterocycles. The zero-order chi connectivity index (χ0) is 16.4. The van der Waals surface area contributed by atoms with Crippen LogP contribution in [0.15, 0.2) is 5.38 Å². The fourth-order valence-corrected chi connectivity index (χ4v) is 2.74. The first kappa shape index (κ1) is 16.7. The number of carbonyl (C=O) groups excluding carboxylic acids is 1. The summed E-state index contributed by atoms with van der Waals surface area (Å²) in [6.07, 6.45) is -4.15. The molecule has 10 heteroatoms. The van der Waals surface area contributed by atoms with Gasteiger partial charge in [0.1, 0.15) is 5.69 Å². The van der Waals surface area contributed by atoms with Crippen molar-refractivity contribution in [3.05, 3.63) is 16.1 Å². The van der Waals surface area contributed by atoms with Gasteiger partial charge in [-0.05, 0) is 12.8 Å². The third-order valence-electron chi connectivity index (χ3n) is 3.47. The minimum Gasteiger partial charge on any atom is -0.481 e. The Bertz CT molecular complexity index is 567. The number of rotatable bonds is 4. The molecule has 122 valence electrons. The zero-order valence-electron chi connectivity index (χ0n) is 11.3. The topological polar surface area (TPSA) is 88.5 Å². The van der Waals surface area contributed by atoms with Crippen molar-refractivity contribution in [3.8, 4) is 0 Å². The van der Waals surface area contributed by atoms with Crippen molar-refractivity contribution in [1.29, 1.82) is 0 Å². The Morgan fingerprint density at radius 1 is 1.41 bits per heavy atom. The molecule has 2 heterocycles. The molecular weight excluding hydrogens is 325 g/mol. The van der Waals surface area contributed by atoms with Crippen LogP contribution in [0.1, 0.15) is 28.3 Å². The van der Waals surface area contributed by atoms with Crippen LogP contribution < -0.4 is 5.32 Å². The standard InChI is InChI=1S/C12H13F3N2O4S/c13-12(14,15)9-17-7(5-22-9)8(18)16-6-11(10(19)20)1-3-21-4-2-11/h5H,1-4,6H2,(H,16,18)(H,19,20). The number of thiazole rings is 1. The monoisotopic (exact) mass is 338 g/mol. The second-order valence-electron chi connectivity index (χ2n) is 4.92. The Balaban J connectivity index is 2.02. The summed E-state index contributed by atoms with van der Waals surface area (Å²) in [5.74, 6) is -1.88. The van der Waals surface area contributed by atoms with E-state index in [0.717, 1.165) is 5.38 Å². The van der Waals surface area contributed by atoms with E-state index in [-0.39, 0.29) is 38.3 Å². The predicted molar refractivity (Wildman–Crippen MR) is 69.6 cm³/mol. The van der Waals surface area contributed by atoms with E-state index in [9.17, 15) is 27.9 Å². The van der Waals surface area contributed by atoms with Crippen LogP contribution in [0.2, 0.25) is 0 Å². The maximum atomic E-state index is 12.4. The average molecular weight is 338 g/mol. The van der Waals surface area contributed by atoms with Crippen molar-refractivity contribution in [1.82, 2.24) is 10.3 Å². The number of nitrogens with one attached hydrogen (secondary N) is 1. The summed E-state index contributed by atoms with van der Waals surface area (Å²) >= 11 is 0.318. The summed E-state index contributed by atoms with van der Waals surface area (Å²) in [5, 5.41) is 11.6. The highest BCUT2D eigenvalue weighted by molar-refractivity contribution is 7.09. The quantitative estimate of drug-likeness (QED) is 0.873. The first-order valence-corrected chi connectivity index (χ1v) is 7.25. The number of hydrogen-bond donors (Lipinski definition) is 2. The normalized spacial score (nSPS) is 18.0. The minimum absolute atomic E-state index is 0.177. The van der Waals surface area contributed by atoms with Gasteiger partial charge in [-0.25, -0.2) is 4.98 Å². The molecule has 2 rings (SSSR count). The molecule has 2 N–H and O–H groups in total. The van der Waals surface area contributed by atoms with Gasteiger partial charge in [0, 0.05) is 25.1 Å². The number of carboxylic acids is 1. The Morgan fingerprint density at radius 2 is 2.05 bits per heavy atom. The zero-order valence-corrected chi connectivity index (χ0v) is 12.1. The third-order valence-corrected chi connectivity index (χ3v) is 4.36. The van der Waals surface area contributed by atoms with Crippen LogP contribution in [-0.2, 0) is 15.7 Å². The molecule has 1 fully saturated rings. The smallest absolute Gasteiger partial charge is 0.443 e. The van der Waals surface area contributed by atoms with Gasteiger partial charge in [-0.15, -0.1) is 11.3 Å².